The van der Waals surface area contributed by atoms with E-state index in [0.29, 0.717) is 0 Å². The molecule has 0 bridgehead atoms. The molecular weight excluding hydrogens is 961 g/mol. The quantitative estimate of drug-likeness (QED) is 0.156. The molecule has 0 atom stereocenters. The molecule has 1 radical (unpaired) electrons. The summed E-state index contributed by atoms with van der Waals surface area (Å²) in [6.45, 7) is 13.4. The van der Waals surface area contributed by atoms with Gasteiger partial charge in [0.05, 0.1) is 17.1 Å². The van der Waals surface area contributed by atoms with Crippen LogP contribution < -0.4 is 0 Å². The molecule has 0 aliphatic rings. The number of rotatable bonds is 6. The summed E-state index contributed by atoms with van der Waals surface area (Å²) in [4.78, 5) is 14.1. The minimum Gasteiger partial charge on any atom is -0.501 e. The molecule has 0 aliphatic heterocycles. The smallest absolute Gasteiger partial charge is 0.121 e. The Morgan fingerprint density at radius 2 is 1.16 bits per heavy atom. The maximum absolute atomic E-state index is 6.41. The molecule has 0 fully saturated rings. The van der Waals surface area contributed by atoms with Gasteiger partial charge in [-0.15, -0.1) is 54.1 Å². The summed E-state index contributed by atoms with van der Waals surface area (Å²) < 4.78 is 8.39. The summed E-state index contributed by atoms with van der Waals surface area (Å²) in [6, 6.07) is 61.5. The van der Waals surface area contributed by atoms with E-state index in [4.69, 9.17) is 9.40 Å². The van der Waals surface area contributed by atoms with Crippen molar-refractivity contribution in [3.8, 4) is 67.3 Å². The molecule has 0 saturated carbocycles. The molecule has 6 aromatic carbocycles. The van der Waals surface area contributed by atoms with Gasteiger partial charge in [-0.25, -0.2) is 0 Å². The van der Waals surface area contributed by atoms with Crippen molar-refractivity contribution in [1.82, 2.24) is 19.5 Å². The van der Waals surface area contributed by atoms with Crippen LogP contribution in [0.3, 0.4) is 0 Å². The van der Waals surface area contributed by atoms with Crippen molar-refractivity contribution in [3.05, 3.63) is 200 Å². The van der Waals surface area contributed by atoms with E-state index in [9.17, 15) is 0 Å². The Labute approximate surface area is 390 Å². The third-order valence-corrected chi connectivity index (χ3v) is 11.5. The van der Waals surface area contributed by atoms with Crippen LogP contribution in [0.15, 0.2) is 181 Å². The number of hydrogen-bond donors (Lipinski definition) is 0. The Balaban J connectivity index is 0.000000173. The molecule has 6 heteroatoms. The molecule has 0 N–H and O–H groups in total. The molecule has 0 spiro atoms. The SMILES string of the molecule is Cn1ccnc1-c1[c-]ccc2c1oc1cc(-c3cc(C(C)(C)C)cc(C(C)(C)C)n3)ccc12.[Ir].[c-]1ccccc1-c1cc(-c2ccc(-c3ccc(-c4ccccc4)cc3)cc2)ccn1. The molecule has 10 aromatic rings. The number of furan rings is 1. The molecule has 4 aromatic heterocycles. The summed E-state index contributed by atoms with van der Waals surface area (Å²) in [5.74, 6) is 0.842. The first kappa shape index (κ1) is 43.9. The van der Waals surface area contributed by atoms with Crippen molar-refractivity contribution >= 4 is 21.9 Å². The van der Waals surface area contributed by atoms with Crippen LogP contribution in [0.5, 0.6) is 0 Å². The largest absolute Gasteiger partial charge is 0.501 e. The summed E-state index contributed by atoms with van der Waals surface area (Å²) in [6.07, 6.45) is 5.59. The summed E-state index contributed by atoms with van der Waals surface area (Å²) in [5, 5.41) is 2.15. The topological polar surface area (TPSA) is 56.7 Å². The first-order chi connectivity index (χ1) is 30.4. The number of benzene rings is 6. The zero-order chi connectivity index (χ0) is 43.7. The summed E-state index contributed by atoms with van der Waals surface area (Å²) in [5.41, 5.74) is 16.1. The van der Waals surface area contributed by atoms with E-state index in [-0.39, 0.29) is 30.9 Å². The predicted octanol–water partition coefficient (Wildman–Crippen LogP) is 15.0. The number of hydrogen-bond acceptors (Lipinski definition) is 4. The summed E-state index contributed by atoms with van der Waals surface area (Å²) in [7, 11) is 1.98. The Morgan fingerprint density at radius 1 is 0.516 bits per heavy atom. The second-order valence-corrected chi connectivity index (χ2v) is 18.1. The van der Waals surface area contributed by atoms with Gasteiger partial charge in [0.2, 0.25) is 0 Å². The van der Waals surface area contributed by atoms with E-state index < -0.39 is 0 Å². The fourth-order valence-electron chi connectivity index (χ4n) is 7.82. The van der Waals surface area contributed by atoms with Crippen LogP contribution >= 0.6 is 0 Å². The van der Waals surface area contributed by atoms with Gasteiger partial charge in [0, 0.05) is 67.8 Å². The van der Waals surface area contributed by atoms with Crippen LogP contribution in [-0.2, 0) is 38.0 Å². The van der Waals surface area contributed by atoms with Crippen LogP contribution in [0.2, 0.25) is 0 Å². The van der Waals surface area contributed by atoms with E-state index in [1.165, 1.54) is 33.4 Å². The van der Waals surface area contributed by atoms with Gasteiger partial charge < -0.3 is 14.0 Å². The number of aryl methyl sites for hydroxylation is 1. The van der Waals surface area contributed by atoms with Gasteiger partial charge in [0.25, 0.3) is 0 Å². The number of pyridine rings is 2. The van der Waals surface area contributed by atoms with E-state index in [1.54, 1.807) is 6.20 Å². The predicted molar refractivity (Wildman–Crippen MR) is 260 cm³/mol. The van der Waals surface area contributed by atoms with Gasteiger partial charge in [-0.1, -0.05) is 150 Å². The van der Waals surface area contributed by atoms with E-state index >= 15 is 0 Å². The standard InChI is InChI=1S/C29H30N3O.C29H20N.Ir/c1-28(2,3)19-16-23(31-25(17-19)29(4,5)6)18-11-12-20-21-9-8-10-22(26(21)33-24(20)15-18)27-30-13-14-32(27)7;1-3-7-22(8-4-1)23-11-13-24(14-12-23)25-15-17-26(18-16-25)28-19-20-30-29(21-28)27-9-5-2-6-10-27;/h8-9,11-17H,1-7H3;1-9,11-21H;/q2*-1;. The number of nitrogens with zero attached hydrogens (tertiary/aromatic N) is 4. The van der Waals surface area contributed by atoms with Gasteiger partial charge >= 0.3 is 0 Å². The maximum Gasteiger partial charge on any atom is 0.121 e. The van der Waals surface area contributed by atoms with E-state index in [1.807, 2.05) is 60.4 Å². The van der Waals surface area contributed by atoms with Crippen LogP contribution in [-0.4, -0.2) is 19.5 Å². The van der Waals surface area contributed by atoms with E-state index in [0.717, 1.165) is 67.1 Å². The Hall–Kier alpha value is -6.72. The third-order valence-electron chi connectivity index (χ3n) is 11.5. The van der Waals surface area contributed by atoms with Crippen LogP contribution in [0.1, 0.15) is 52.8 Å². The molecule has 5 nitrogen and oxygen atoms in total. The fourth-order valence-corrected chi connectivity index (χ4v) is 7.82. The van der Waals surface area contributed by atoms with Crippen molar-refractivity contribution in [2.24, 2.45) is 7.05 Å². The number of aromatic nitrogens is 4. The number of imidazole rings is 1. The number of fused-ring (bicyclic) bond motifs is 3. The zero-order valence-corrected chi connectivity index (χ0v) is 39.7. The van der Waals surface area contributed by atoms with Crippen molar-refractivity contribution in [3.63, 3.8) is 0 Å². The average Bonchev–Trinajstić information content (AvgIpc) is 3.92. The molecule has 319 valence electrons. The van der Waals surface area contributed by atoms with Crippen LogP contribution in [0, 0.1) is 12.1 Å². The van der Waals surface area contributed by atoms with Gasteiger partial charge in [0.15, 0.2) is 0 Å². The summed E-state index contributed by atoms with van der Waals surface area (Å²) >= 11 is 0. The zero-order valence-electron chi connectivity index (χ0n) is 37.3. The molecule has 0 aliphatic carbocycles. The minimum atomic E-state index is -0.0354. The molecule has 0 saturated heterocycles. The van der Waals surface area contributed by atoms with Crippen LogP contribution in [0.4, 0.5) is 0 Å². The maximum atomic E-state index is 6.41. The molecule has 64 heavy (non-hydrogen) atoms. The molecule has 10 rings (SSSR count). The monoisotopic (exact) mass is 1010 g/mol. The average molecular weight is 1010 g/mol. The Bertz CT molecular complexity index is 3140. The Morgan fingerprint density at radius 3 is 1.77 bits per heavy atom. The van der Waals surface area contributed by atoms with Gasteiger partial charge in [-0.05, 0) is 74.3 Å². The fraction of sp³-hybridized carbons (Fsp3) is 0.155. The van der Waals surface area contributed by atoms with Gasteiger partial charge in [0.1, 0.15) is 5.58 Å². The van der Waals surface area contributed by atoms with E-state index in [2.05, 4.69) is 185 Å². The van der Waals surface area contributed by atoms with Crippen molar-refractivity contribution in [2.45, 2.75) is 52.4 Å². The van der Waals surface area contributed by atoms with Crippen molar-refractivity contribution < 1.29 is 24.5 Å². The second-order valence-electron chi connectivity index (χ2n) is 18.1. The first-order valence-corrected chi connectivity index (χ1v) is 21.5. The van der Waals surface area contributed by atoms with Crippen molar-refractivity contribution in [2.75, 3.05) is 0 Å². The van der Waals surface area contributed by atoms with Gasteiger partial charge in [-0.3, -0.25) is 9.97 Å². The molecule has 4 heterocycles. The first-order valence-electron chi connectivity index (χ1n) is 21.5. The molecule has 0 amide bonds. The normalized spacial score (nSPS) is 11.5. The minimum absolute atomic E-state index is 0. The van der Waals surface area contributed by atoms with Crippen molar-refractivity contribution in [1.29, 1.82) is 0 Å². The molecular formula is C58H50IrN4O-2. The third kappa shape index (κ3) is 9.31. The molecule has 0 unspecified atom stereocenters. The van der Waals surface area contributed by atoms with Gasteiger partial charge in [-0.2, -0.15) is 0 Å². The Kier molecular flexibility index (Phi) is 12.5. The van der Waals surface area contributed by atoms with Crippen LogP contribution in [0.25, 0.3) is 89.2 Å². The second kappa shape index (κ2) is 18.2.